The number of nitrogens with one attached hydrogen (secondary N) is 1. The summed E-state index contributed by atoms with van der Waals surface area (Å²) in [7, 11) is 1.45. The number of carbonyl (C=O) groups excluding carboxylic acids is 2. The van der Waals surface area contributed by atoms with Gasteiger partial charge in [-0.3, -0.25) is 4.79 Å². The van der Waals surface area contributed by atoms with E-state index in [4.69, 9.17) is 37.4 Å². The maximum absolute atomic E-state index is 12.5. The molecule has 0 saturated carbocycles. The van der Waals surface area contributed by atoms with Crippen LogP contribution in [0.15, 0.2) is 84.0 Å². The lowest BCUT2D eigenvalue weighted by Gasteiger charge is -2.14. The van der Waals surface area contributed by atoms with Crippen molar-refractivity contribution in [2.75, 3.05) is 7.11 Å². The zero-order chi connectivity index (χ0) is 26.4. The molecule has 0 aromatic heterocycles. The number of benzene rings is 4. The number of fused-ring (bicyclic) bond motifs is 1. The van der Waals surface area contributed by atoms with Gasteiger partial charge in [0.05, 0.1) is 28.9 Å². The first-order valence-electron chi connectivity index (χ1n) is 11.2. The molecular weight excluding hydrogens is 515 g/mol. The Morgan fingerprint density at radius 1 is 0.892 bits per heavy atom. The molecule has 0 fully saturated rings. The van der Waals surface area contributed by atoms with Crippen LogP contribution in [0.25, 0.3) is 10.8 Å². The third kappa shape index (κ3) is 6.39. The Bertz CT molecular complexity index is 1480. The van der Waals surface area contributed by atoms with Crippen molar-refractivity contribution >= 4 is 52.1 Å². The Kier molecular flexibility index (Phi) is 8.28. The lowest BCUT2D eigenvalue weighted by atomic mass is 10.1. The molecule has 0 radical (unpaired) electrons. The van der Waals surface area contributed by atoms with E-state index in [-0.39, 0.29) is 16.3 Å². The molecule has 7 nitrogen and oxygen atoms in total. The van der Waals surface area contributed by atoms with E-state index in [0.29, 0.717) is 22.1 Å². The summed E-state index contributed by atoms with van der Waals surface area (Å²) in [5.41, 5.74) is 3.32. The van der Waals surface area contributed by atoms with Crippen LogP contribution < -0.4 is 19.6 Å². The molecule has 188 valence electrons. The van der Waals surface area contributed by atoms with Gasteiger partial charge in [-0.25, -0.2) is 10.2 Å². The van der Waals surface area contributed by atoms with Gasteiger partial charge in [-0.2, -0.15) is 5.10 Å². The number of ether oxygens (including phenoxy) is 3. The second kappa shape index (κ2) is 11.8. The molecule has 1 atom stereocenters. The van der Waals surface area contributed by atoms with Crippen LogP contribution in [0.3, 0.4) is 0 Å². The van der Waals surface area contributed by atoms with Crippen LogP contribution in [0, 0.1) is 0 Å². The average Bonchev–Trinajstić information content (AvgIpc) is 2.91. The molecule has 0 saturated heterocycles. The van der Waals surface area contributed by atoms with E-state index in [9.17, 15) is 9.59 Å². The van der Waals surface area contributed by atoms with Gasteiger partial charge in [0.2, 0.25) is 0 Å². The van der Waals surface area contributed by atoms with E-state index >= 15 is 0 Å². The standard InChI is InChI=1S/C28H22Cl2N2O5/c1-17(36-24-9-5-7-19-6-3-4-8-21(19)24)27(33)32-31-16-18-10-13-25(26(14-18)35-2)37-28(34)20-11-12-22(29)23(30)15-20/h3-17H,1-2H3,(H,32,33). The van der Waals surface area contributed by atoms with Gasteiger partial charge in [-0.15, -0.1) is 0 Å². The van der Waals surface area contributed by atoms with E-state index in [2.05, 4.69) is 10.5 Å². The third-order valence-electron chi connectivity index (χ3n) is 5.36. The number of hydrogen-bond donors (Lipinski definition) is 1. The van der Waals surface area contributed by atoms with Crippen LogP contribution in [-0.4, -0.2) is 31.3 Å². The zero-order valence-electron chi connectivity index (χ0n) is 19.9. The van der Waals surface area contributed by atoms with E-state index < -0.39 is 18.0 Å². The number of rotatable bonds is 8. The molecular formula is C28H22Cl2N2O5. The molecule has 9 heteroatoms. The fraction of sp³-hybridized carbons (Fsp3) is 0.107. The Labute approximate surface area is 223 Å². The van der Waals surface area contributed by atoms with Crippen molar-refractivity contribution < 1.29 is 23.8 Å². The van der Waals surface area contributed by atoms with Crippen LogP contribution >= 0.6 is 23.2 Å². The van der Waals surface area contributed by atoms with Crippen molar-refractivity contribution in [2.24, 2.45) is 5.10 Å². The average molecular weight is 537 g/mol. The van der Waals surface area contributed by atoms with Crippen LogP contribution in [-0.2, 0) is 4.79 Å². The Balaban J connectivity index is 1.38. The number of esters is 1. The number of amides is 1. The Hall–Kier alpha value is -4.07. The Morgan fingerprint density at radius 2 is 1.68 bits per heavy atom. The first-order valence-corrected chi connectivity index (χ1v) is 11.9. The minimum atomic E-state index is -0.777. The molecule has 4 rings (SSSR count). The largest absolute Gasteiger partial charge is 0.493 e. The quantitative estimate of drug-likeness (QED) is 0.124. The Morgan fingerprint density at radius 3 is 2.46 bits per heavy atom. The number of methoxy groups -OCH3 is 1. The summed E-state index contributed by atoms with van der Waals surface area (Å²) in [4.78, 5) is 25.0. The van der Waals surface area contributed by atoms with Crippen LogP contribution in [0.4, 0.5) is 0 Å². The molecule has 0 spiro atoms. The molecule has 1 unspecified atom stereocenters. The fourth-order valence-corrected chi connectivity index (χ4v) is 3.73. The molecule has 0 bridgehead atoms. The van der Waals surface area contributed by atoms with Gasteiger partial charge in [0.25, 0.3) is 5.91 Å². The molecule has 37 heavy (non-hydrogen) atoms. The minimum Gasteiger partial charge on any atom is -0.493 e. The fourth-order valence-electron chi connectivity index (χ4n) is 3.43. The smallest absolute Gasteiger partial charge is 0.343 e. The predicted molar refractivity (Wildman–Crippen MR) is 144 cm³/mol. The second-order valence-corrected chi connectivity index (χ2v) is 8.71. The van der Waals surface area contributed by atoms with E-state index in [1.165, 1.54) is 31.5 Å². The highest BCUT2D eigenvalue weighted by Crippen LogP contribution is 2.30. The number of nitrogens with zero attached hydrogens (tertiary/aromatic N) is 1. The van der Waals surface area contributed by atoms with Gasteiger partial charge in [0.15, 0.2) is 17.6 Å². The van der Waals surface area contributed by atoms with Gasteiger partial charge in [0.1, 0.15) is 5.75 Å². The summed E-state index contributed by atoms with van der Waals surface area (Å²) < 4.78 is 16.6. The molecule has 0 aliphatic rings. The van der Waals surface area contributed by atoms with Crippen molar-refractivity contribution in [3.05, 3.63) is 100 Å². The van der Waals surface area contributed by atoms with E-state index in [1.807, 2.05) is 42.5 Å². The molecule has 1 N–H and O–H groups in total. The summed E-state index contributed by atoms with van der Waals surface area (Å²) in [6.07, 6.45) is 0.663. The summed E-state index contributed by atoms with van der Waals surface area (Å²) in [5, 5.41) is 6.52. The first kappa shape index (κ1) is 26.0. The lowest BCUT2D eigenvalue weighted by molar-refractivity contribution is -0.127. The summed E-state index contributed by atoms with van der Waals surface area (Å²) >= 11 is 11.9. The van der Waals surface area contributed by atoms with Gasteiger partial charge in [-0.1, -0.05) is 59.6 Å². The van der Waals surface area contributed by atoms with Crippen LogP contribution in [0.5, 0.6) is 17.2 Å². The molecule has 0 heterocycles. The highest BCUT2D eigenvalue weighted by Gasteiger charge is 2.16. The molecule has 4 aromatic carbocycles. The second-order valence-electron chi connectivity index (χ2n) is 7.90. The monoisotopic (exact) mass is 536 g/mol. The normalized spacial score (nSPS) is 11.8. The summed E-state index contributed by atoms with van der Waals surface area (Å²) in [6, 6.07) is 22.7. The predicted octanol–water partition coefficient (Wildman–Crippen LogP) is 6.29. The maximum atomic E-state index is 12.5. The van der Waals surface area contributed by atoms with Gasteiger partial charge >= 0.3 is 5.97 Å². The van der Waals surface area contributed by atoms with Gasteiger partial charge in [0, 0.05) is 5.39 Å². The van der Waals surface area contributed by atoms with Crippen LogP contribution in [0.1, 0.15) is 22.8 Å². The summed E-state index contributed by atoms with van der Waals surface area (Å²) in [5.74, 6) is 0.0859. The topological polar surface area (TPSA) is 86.2 Å². The minimum absolute atomic E-state index is 0.205. The molecule has 1 amide bonds. The van der Waals surface area contributed by atoms with E-state index in [1.54, 1.807) is 25.1 Å². The van der Waals surface area contributed by atoms with Gasteiger partial charge < -0.3 is 14.2 Å². The van der Waals surface area contributed by atoms with Crippen molar-refractivity contribution in [3.63, 3.8) is 0 Å². The van der Waals surface area contributed by atoms with Gasteiger partial charge in [-0.05, 0) is 60.3 Å². The SMILES string of the molecule is COc1cc(C=NNC(=O)C(C)Oc2cccc3ccccc23)ccc1OC(=O)c1ccc(Cl)c(Cl)c1. The highest BCUT2D eigenvalue weighted by atomic mass is 35.5. The third-order valence-corrected chi connectivity index (χ3v) is 6.10. The first-order chi connectivity index (χ1) is 17.9. The molecule has 0 aliphatic heterocycles. The number of halogens is 2. The summed E-state index contributed by atoms with van der Waals surface area (Å²) in [6.45, 7) is 1.65. The van der Waals surface area contributed by atoms with Crippen LogP contribution in [0.2, 0.25) is 10.0 Å². The number of hydrogen-bond acceptors (Lipinski definition) is 6. The lowest BCUT2D eigenvalue weighted by Crippen LogP contribution is -2.33. The molecule has 4 aromatic rings. The number of carbonyl (C=O) groups is 2. The van der Waals surface area contributed by atoms with Crippen molar-refractivity contribution in [3.8, 4) is 17.2 Å². The highest BCUT2D eigenvalue weighted by molar-refractivity contribution is 6.42. The molecule has 0 aliphatic carbocycles. The van der Waals surface area contributed by atoms with Crippen molar-refractivity contribution in [2.45, 2.75) is 13.0 Å². The van der Waals surface area contributed by atoms with Crippen molar-refractivity contribution in [1.82, 2.24) is 5.43 Å². The van der Waals surface area contributed by atoms with E-state index in [0.717, 1.165) is 10.8 Å². The van der Waals surface area contributed by atoms with Crippen molar-refractivity contribution in [1.29, 1.82) is 0 Å². The zero-order valence-corrected chi connectivity index (χ0v) is 21.4. The maximum Gasteiger partial charge on any atom is 0.343 e. The number of hydrazone groups is 1.